The Kier molecular flexibility index (Phi) is 4.93. The van der Waals surface area contributed by atoms with E-state index in [0.29, 0.717) is 13.2 Å². The van der Waals surface area contributed by atoms with Crippen LogP contribution in [-0.2, 0) is 19.1 Å². The van der Waals surface area contributed by atoms with Gasteiger partial charge in [-0.15, -0.1) is 0 Å². The van der Waals surface area contributed by atoms with Gasteiger partial charge in [0.05, 0.1) is 25.2 Å². The lowest BCUT2D eigenvalue weighted by atomic mass is 9.88. The highest BCUT2D eigenvalue weighted by molar-refractivity contribution is 5.81. The molecule has 1 N–H and O–H groups in total. The molecule has 2 saturated heterocycles. The van der Waals surface area contributed by atoms with Crippen molar-refractivity contribution in [3.05, 3.63) is 35.9 Å². The van der Waals surface area contributed by atoms with Crippen molar-refractivity contribution in [3.63, 3.8) is 0 Å². The Bertz CT molecular complexity index is 561. The highest BCUT2D eigenvalue weighted by Gasteiger charge is 2.38. The Balaban J connectivity index is 1.75. The van der Waals surface area contributed by atoms with Gasteiger partial charge in [-0.25, -0.2) is 4.79 Å². The van der Waals surface area contributed by atoms with E-state index in [1.807, 2.05) is 30.3 Å². The van der Waals surface area contributed by atoms with Crippen LogP contribution >= 0.6 is 0 Å². The van der Waals surface area contributed by atoms with E-state index in [1.54, 1.807) is 4.90 Å². The average Bonchev–Trinajstić information content (AvgIpc) is 2.62. The molecular weight excluding hydrogens is 298 g/mol. The summed E-state index contributed by atoms with van der Waals surface area (Å²) in [6.07, 6.45) is 0.399. The van der Waals surface area contributed by atoms with Crippen LogP contribution in [0, 0.1) is 5.92 Å². The fourth-order valence-corrected chi connectivity index (χ4v) is 3.24. The maximum absolute atomic E-state index is 12.9. The van der Waals surface area contributed by atoms with Crippen LogP contribution < -0.4 is 0 Å². The molecule has 2 aliphatic heterocycles. The number of carboxylic acid groups (broad SMARTS) is 1. The zero-order valence-corrected chi connectivity index (χ0v) is 12.9. The molecule has 1 amide bonds. The number of hydrogen-bond donors (Lipinski definition) is 1. The third kappa shape index (κ3) is 3.54. The lowest BCUT2D eigenvalue weighted by molar-refractivity contribution is -0.163. The molecule has 0 aromatic heterocycles. The van der Waals surface area contributed by atoms with E-state index in [9.17, 15) is 9.59 Å². The Hall–Kier alpha value is -1.92. The monoisotopic (exact) mass is 319 g/mol. The third-order valence-corrected chi connectivity index (χ3v) is 4.42. The number of carbonyl (C=O) groups is 2. The molecule has 124 valence electrons. The van der Waals surface area contributed by atoms with Crippen molar-refractivity contribution in [2.45, 2.75) is 25.0 Å². The lowest BCUT2D eigenvalue weighted by Gasteiger charge is -2.37. The summed E-state index contributed by atoms with van der Waals surface area (Å²) in [5.74, 6) is -1.33. The minimum absolute atomic E-state index is 0.0342. The highest BCUT2D eigenvalue weighted by Crippen LogP contribution is 2.35. The molecule has 0 radical (unpaired) electrons. The van der Waals surface area contributed by atoms with E-state index in [-0.39, 0.29) is 31.1 Å². The first-order valence-electron chi connectivity index (χ1n) is 7.96. The summed E-state index contributed by atoms with van der Waals surface area (Å²) in [7, 11) is 0. The number of nitrogens with zero attached hydrogens (tertiary/aromatic N) is 1. The second-order valence-corrected chi connectivity index (χ2v) is 5.93. The summed E-state index contributed by atoms with van der Waals surface area (Å²) in [5.41, 5.74) is 0.994. The van der Waals surface area contributed by atoms with Crippen molar-refractivity contribution in [1.82, 2.24) is 4.90 Å². The van der Waals surface area contributed by atoms with Gasteiger partial charge in [0.15, 0.2) is 6.10 Å². The SMILES string of the molecule is O=C(O)[C@@H]1CN(C(=O)[C@@H]2CCCO[C@@H]2c2ccccc2)CCO1. The molecule has 3 atom stereocenters. The number of hydrogen-bond acceptors (Lipinski definition) is 4. The number of carboxylic acids is 1. The van der Waals surface area contributed by atoms with Gasteiger partial charge in [0.2, 0.25) is 5.91 Å². The fraction of sp³-hybridized carbons (Fsp3) is 0.529. The lowest BCUT2D eigenvalue weighted by Crippen LogP contribution is -2.51. The summed E-state index contributed by atoms with van der Waals surface area (Å²) in [6, 6.07) is 9.74. The first-order chi connectivity index (χ1) is 11.2. The second-order valence-electron chi connectivity index (χ2n) is 5.93. The molecule has 23 heavy (non-hydrogen) atoms. The minimum Gasteiger partial charge on any atom is -0.479 e. The predicted octanol–water partition coefficient (Wildman–Crippen LogP) is 1.47. The molecule has 0 aliphatic carbocycles. The van der Waals surface area contributed by atoms with E-state index in [1.165, 1.54) is 0 Å². The summed E-state index contributed by atoms with van der Waals surface area (Å²) >= 11 is 0. The molecular formula is C17H21NO5. The van der Waals surface area contributed by atoms with E-state index in [0.717, 1.165) is 18.4 Å². The van der Waals surface area contributed by atoms with E-state index in [4.69, 9.17) is 14.6 Å². The topological polar surface area (TPSA) is 76.1 Å². The molecule has 1 aromatic rings. The molecule has 0 unspecified atom stereocenters. The molecule has 1 aromatic carbocycles. The van der Waals surface area contributed by atoms with Gasteiger partial charge in [-0.2, -0.15) is 0 Å². The van der Waals surface area contributed by atoms with Crippen LogP contribution in [0.25, 0.3) is 0 Å². The molecule has 6 nitrogen and oxygen atoms in total. The second kappa shape index (κ2) is 7.10. The van der Waals surface area contributed by atoms with Crippen molar-refractivity contribution in [1.29, 1.82) is 0 Å². The number of morpholine rings is 1. The van der Waals surface area contributed by atoms with Crippen LogP contribution in [0.2, 0.25) is 0 Å². The maximum Gasteiger partial charge on any atom is 0.334 e. The zero-order valence-electron chi connectivity index (χ0n) is 12.9. The quantitative estimate of drug-likeness (QED) is 0.913. The molecule has 0 saturated carbocycles. The molecule has 0 spiro atoms. The van der Waals surface area contributed by atoms with Gasteiger partial charge in [-0.3, -0.25) is 4.79 Å². The van der Waals surface area contributed by atoms with Crippen molar-refractivity contribution >= 4 is 11.9 Å². The average molecular weight is 319 g/mol. The van der Waals surface area contributed by atoms with Gasteiger partial charge in [0, 0.05) is 13.2 Å². The molecule has 2 fully saturated rings. The number of amides is 1. The first-order valence-corrected chi connectivity index (χ1v) is 7.96. The number of rotatable bonds is 3. The number of ether oxygens (including phenoxy) is 2. The van der Waals surface area contributed by atoms with Gasteiger partial charge >= 0.3 is 5.97 Å². The van der Waals surface area contributed by atoms with Crippen LogP contribution in [0.3, 0.4) is 0 Å². The van der Waals surface area contributed by atoms with E-state index < -0.39 is 12.1 Å². The number of carbonyl (C=O) groups excluding carboxylic acids is 1. The van der Waals surface area contributed by atoms with Gasteiger partial charge in [-0.1, -0.05) is 30.3 Å². The molecule has 2 heterocycles. The minimum atomic E-state index is -1.03. The van der Waals surface area contributed by atoms with Gasteiger partial charge < -0.3 is 19.5 Å². The van der Waals surface area contributed by atoms with Crippen molar-refractivity contribution in [3.8, 4) is 0 Å². The molecule has 2 aliphatic rings. The standard InChI is InChI=1S/C17H21NO5/c19-16(18-8-10-22-14(11-18)17(20)21)13-7-4-9-23-15(13)12-5-2-1-3-6-12/h1-3,5-6,13-15H,4,7-11H2,(H,20,21)/t13-,14+,15-/m1/s1. The summed E-state index contributed by atoms with van der Waals surface area (Å²) in [4.78, 5) is 25.6. The van der Waals surface area contributed by atoms with E-state index >= 15 is 0 Å². The van der Waals surface area contributed by atoms with Crippen LogP contribution in [0.15, 0.2) is 30.3 Å². The zero-order chi connectivity index (χ0) is 16.2. The van der Waals surface area contributed by atoms with Crippen LogP contribution in [0.5, 0.6) is 0 Å². The summed E-state index contributed by atoms with van der Waals surface area (Å²) in [6.45, 7) is 1.43. The molecule has 3 rings (SSSR count). The summed E-state index contributed by atoms with van der Waals surface area (Å²) in [5, 5.41) is 9.09. The van der Waals surface area contributed by atoms with Crippen molar-refractivity contribution in [2.24, 2.45) is 5.92 Å². The van der Waals surface area contributed by atoms with Gasteiger partial charge in [0.1, 0.15) is 0 Å². The molecule has 6 heteroatoms. The van der Waals surface area contributed by atoms with Crippen molar-refractivity contribution in [2.75, 3.05) is 26.3 Å². The summed E-state index contributed by atoms with van der Waals surface area (Å²) < 4.78 is 11.1. The number of aliphatic carboxylic acids is 1. The largest absolute Gasteiger partial charge is 0.479 e. The van der Waals surface area contributed by atoms with Gasteiger partial charge in [0.25, 0.3) is 0 Å². The number of benzene rings is 1. The van der Waals surface area contributed by atoms with E-state index in [2.05, 4.69) is 0 Å². The van der Waals surface area contributed by atoms with Crippen LogP contribution in [0.4, 0.5) is 0 Å². The molecule has 0 bridgehead atoms. The Morgan fingerprint density at radius 1 is 1.13 bits per heavy atom. The highest BCUT2D eigenvalue weighted by atomic mass is 16.5. The normalized spacial score (nSPS) is 28.3. The predicted molar refractivity (Wildman–Crippen MR) is 81.8 cm³/mol. The fourth-order valence-electron chi connectivity index (χ4n) is 3.24. The van der Waals surface area contributed by atoms with Crippen LogP contribution in [-0.4, -0.2) is 54.3 Å². The van der Waals surface area contributed by atoms with Crippen LogP contribution in [0.1, 0.15) is 24.5 Å². The van der Waals surface area contributed by atoms with Crippen molar-refractivity contribution < 1.29 is 24.2 Å². The maximum atomic E-state index is 12.9. The first kappa shape index (κ1) is 16.0. The third-order valence-electron chi connectivity index (χ3n) is 4.42. The van der Waals surface area contributed by atoms with Gasteiger partial charge in [-0.05, 0) is 18.4 Å². The Labute approximate surface area is 135 Å². The Morgan fingerprint density at radius 2 is 1.91 bits per heavy atom. The Morgan fingerprint density at radius 3 is 2.65 bits per heavy atom. The smallest absolute Gasteiger partial charge is 0.334 e.